The molecule has 0 unspecified atom stereocenters. The number of carbonyl (C=O) groups excluding carboxylic acids is 3. The van der Waals surface area contributed by atoms with Crippen LogP contribution in [0.25, 0.3) is 10.8 Å². The second-order valence-corrected chi connectivity index (χ2v) is 7.88. The Hall–Kier alpha value is -3.74. The van der Waals surface area contributed by atoms with Gasteiger partial charge >= 0.3 is 6.03 Å². The van der Waals surface area contributed by atoms with Crippen molar-refractivity contribution in [3.63, 3.8) is 0 Å². The first-order valence-electron chi connectivity index (χ1n) is 10.2. The highest BCUT2D eigenvalue weighted by atomic mass is 19.1. The highest BCUT2D eigenvalue weighted by molar-refractivity contribution is 6.10. The van der Waals surface area contributed by atoms with E-state index in [9.17, 15) is 18.8 Å². The van der Waals surface area contributed by atoms with Gasteiger partial charge < -0.3 is 4.90 Å². The van der Waals surface area contributed by atoms with Gasteiger partial charge in [-0.15, -0.1) is 0 Å². The summed E-state index contributed by atoms with van der Waals surface area (Å²) in [5, 5.41) is 4.14. The maximum atomic E-state index is 13.7. The van der Waals surface area contributed by atoms with E-state index in [0.29, 0.717) is 36.4 Å². The van der Waals surface area contributed by atoms with Crippen molar-refractivity contribution in [2.75, 3.05) is 22.9 Å². The summed E-state index contributed by atoms with van der Waals surface area (Å²) in [5.41, 5.74) is 3.63. The summed E-state index contributed by atoms with van der Waals surface area (Å²) in [6.45, 7) is 2.72. The number of urea groups is 1. The van der Waals surface area contributed by atoms with Crippen LogP contribution in [0, 0.1) is 12.7 Å². The Kier molecular flexibility index (Phi) is 4.46. The Balaban J connectivity index is 1.52. The smallest absolute Gasteiger partial charge is 0.308 e. The summed E-state index contributed by atoms with van der Waals surface area (Å²) in [7, 11) is 0. The van der Waals surface area contributed by atoms with Crippen LogP contribution >= 0.6 is 0 Å². The Bertz CT molecular complexity index is 1270. The molecule has 31 heavy (non-hydrogen) atoms. The molecular formula is C24H20FN3O3. The Labute approximate surface area is 178 Å². The Morgan fingerprint density at radius 1 is 0.968 bits per heavy atom. The minimum absolute atomic E-state index is 0.183. The van der Waals surface area contributed by atoms with Crippen LogP contribution in [0.2, 0.25) is 0 Å². The maximum absolute atomic E-state index is 13.7. The number of rotatable bonds is 2. The predicted molar refractivity (Wildman–Crippen MR) is 116 cm³/mol. The molecule has 0 bridgehead atoms. The molecule has 4 amide bonds. The molecule has 3 aromatic rings. The molecular weight excluding hydrogens is 397 g/mol. The van der Waals surface area contributed by atoms with Crippen LogP contribution in [-0.4, -0.2) is 30.9 Å². The van der Waals surface area contributed by atoms with Crippen LogP contribution in [0.5, 0.6) is 0 Å². The van der Waals surface area contributed by atoms with E-state index >= 15 is 0 Å². The second kappa shape index (κ2) is 7.19. The van der Waals surface area contributed by atoms with Gasteiger partial charge in [0, 0.05) is 30.8 Å². The quantitative estimate of drug-likeness (QED) is 0.687. The number of benzene rings is 3. The molecule has 2 aliphatic heterocycles. The van der Waals surface area contributed by atoms with E-state index in [1.165, 1.54) is 12.1 Å². The van der Waals surface area contributed by atoms with E-state index < -0.39 is 6.03 Å². The highest BCUT2D eigenvalue weighted by Crippen LogP contribution is 2.33. The molecule has 0 aromatic heterocycles. The minimum Gasteiger partial charge on any atom is -0.308 e. The van der Waals surface area contributed by atoms with Crippen molar-refractivity contribution < 1.29 is 18.8 Å². The van der Waals surface area contributed by atoms with Gasteiger partial charge in [0.05, 0.1) is 5.69 Å². The summed E-state index contributed by atoms with van der Waals surface area (Å²) in [6, 6.07) is 13.3. The van der Waals surface area contributed by atoms with Crippen LogP contribution in [0.1, 0.15) is 27.9 Å². The van der Waals surface area contributed by atoms with E-state index in [1.54, 1.807) is 21.9 Å². The number of nitrogens with one attached hydrogen (secondary N) is 1. The average Bonchev–Trinajstić information content (AvgIpc) is 3.17. The summed E-state index contributed by atoms with van der Waals surface area (Å²) in [5.74, 6) is -0.831. The van der Waals surface area contributed by atoms with Gasteiger partial charge in [-0.2, -0.15) is 0 Å². The molecule has 156 valence electrons. The number of nitrogens with zero attached hydrogens (tertiary/aromatic N) is 2. The van der Waals surface area contributed by atoms with Crippen molar-refractivity contribution in [3.8, 4) is 0 Å². The summed E-state index contributed by atoms with van der Waals surface area (Å²) < 4.78 is 13.7. The van der Waals surface area contributed by atoms with Gasteiger partial charge in [0.15, 0.2) is 0 Å². The molecule has 1 saturated heterocycles. The number of aryl methyl sites for hydroxylation is 1. The van der Waals surface area contributed by atoms with Gasteiger partial charge in [-0.3, -0.25) is 19.8 Å². The third kappa shape index (κ3) is 3.22. The number of amides is 4. The van der Waals surface area contributed by atoms with Crippen molar-refractivity contribution in [2.24, 2.45) is 0 Å². The first-order chi connectivity index (χ1) is 14.9. The third-order valence-corrected chi connectivity index (χ3v) is 6.04. The molecule has 7 heteroatoms. The molecule has 3 aromatic carbocycles. The van der Waals surface area contributed by atoms with Crippen molar-refractivity contribution in [1.29, 1.82) is 0 Å². The molecule has 0 atom stereocenters. The van der Waals surface area contributed by atoms with Gasteiger partial charge in [-0.25, -0.2) is 9.18 Å². The van der Waals surface area contributed by atoms with Crippen LogP contribution in [0.4, 0.5) is 20.6 Å². The summed E-state index contributed by atoms with van der Waals surface area (Å²) >= 11 is 0. The highest BCUT2D eigenvalue weighted by Gasteiger charge is 2.28. The molecule has 2 heterocycles. The van der Waals surface area contributed by atoms with Crippen molar-refractivity contribution in [2.45, 2.75) is 19.8 Å². The minimum atomic E-state index is -0.443. The molecule has 0 saturated carbocycles. The van der Waals surface area contributed by atoms with E-state index in [-0.39, 0.29) is 24.1 Å². The van der Waals surface area contributed by atoms with Gasteiger partial charge in [0.1, 0.15) is 5.82 Å². The first kappa shape index (κ1) is 19.2. The van der Waals surface area contributed by atoms with Gasteiger partial charge in [0.2, 0.25) is 5.91 Å². The zero-order chi connectivity index (χ0) is 21.7. The summed E-state index contributed by atoms with van der Waals surface area (Å²) in [4.78, 5) is 40.2. The van der Waals surface area contributed by atoms with E-state index in [1.807, 2.05) is 31.2 Å². The molecule has 0 spiro atoms. The lowest BCUT2D eigenvalue weighted by Crippen LogP contribution is -2.49. The fourth-order valence-electron chi connectivity index (χ4n) is 4.40. The normalized spacial score (nSPS) is 15.9. The van der Waals surface area contributed by atoms with E-state index in [4.69, 9.17) is 0 Å². The lowest BCUT2D eigenvalue weighted by molar-refractivity contribution is -0.120. The monoisotopic (exact) mass is 417 g/mol. The molecule has 2 aliphatic rings. The number of imide groups is 1. The first-order valence-corrected chi connectivity index (χ1v) is 10.2. The maximum Gasteiger partial charge on any atom is 0.328 e. The fraction of sp³-hybridized carbons (Fsp3) is 0.208. The lowest BCUT2D eigenvalue weighted by atomic mass is 9.99. The van der Waals surface area contributed by atoms with Gasteiger partial charge in [-0.1, -0.05) is 18.2 Å². The number of anilines is 2. The largest absolute Gasteiger partial charge is 0.328 e. The topological polar surface area (TPSA) is 69.7 Å². The number of hydrogen-bond donors (Lipinski definition) is 1. The predicted octanol–water partition coefficient (Wildman–Crippen LogP) is 3.94. The van der Waals surface area contributed by atoms with Crippen LogP contribution in [-0.2, 0) is 11.2 Å². The number of halogens is 1. The zero-order valence-corrected chi connectivity index (χ0v) is 16.9. The number of carbonyl (C=O) groups is 3. The second-order valence-electron chi connectivity index (χ2n) is 7.88. The Morgan fingerprint density at radius 2 is 1.77 bits per heavy atom. The SMILES string of the molecule is Cc1c(N2CCC(=O)NC2=O)ccc2ccc(C(=O)N3CCc4ccc(F)cc43)cc12. The van der Waals surface area contributed by atoms with E-state index in [0.717, 1.165) is 21.9 Å². The molecule has 0 radical (unpaired) electrons. The third-order valence-electron chi connectivity index (χ3n) is 6.04. The van der Waals surface area contributed by atoms with Crippen molar-refractivity contribution in [1.82, 2.24) is 5.32 Å². The van der Waals surface area contributed by atoms with Crippen molar-refractivity contribution in [3.05, 3.63) is 71.0 Å². The molecule has 6 nitrogen and oxygen atoms in total. The van der Waals surface area contributed by atoms with Gasteiger partial charge in [-0.05, 0) is 65.6 Å². The lowest BCUT2D eigenvalue weighted by Gasteiger charge is -2.28. The van der Waals surface area contributed by atoms with Gasteiger partial charge in [0.25, 0.3) is 5.91 Å². The molecule has 1 fully saturated rings. The average molecular weight is 417 g/mol. The fourth-order valence-corrected chi connectivity index (χ4v) is 4.40. The standard InChI is InChI=1S/C24H20FN3O3/c1-14-19-12-17(23(30)27-10-8-16-4-6-18(25)13-21(16)27)3-2-15(19)5-7-20(14)28-11-9-22(29)26-24(28)31/h2-7,12-13H,8-11H2,1H3,(H,26,29,31). The molecule has 1 N–H and O–H groups in total. The van der Waals surface area contributed by atoms with Crippen LogP contribution in [0.3, 0.4) is 0 Å². The zero-order valence-electron chi connectivity index (χ0n) is 16.9. The molecule has 0 aliphatic carbocycles. The number of fused-ring (bicyclic) bond motifs is 2. The Morgan fingerprint density at radius 3 is 2.58 bits per heavy atom. The van der Waals surface area contributed by atoms with Crippen molar-refractivity contribution >= 4 is 40.0 Å². The number of hydrogen-bond acceptors (Lipinski definition) is 3. The van der Waals surface area contributed by atoms with Crippen LogP contribution in [0.15, 0.2) is 48.5 Å². The summed E-state index contributed by atoms with van der Waals surface area (Å²) in [6.07, 6.45) is 0.938. The van der Waals surface area contributed by atoms with Crippen LogP contribution < -0.4 is 15.1 Å². The molecule has 5 rings (SSSR count). The van der Waals surface area contributed by atoms with E-state index in [2.05, 4.69) is 5.32 Å².